The molecule has 4 nitrogen and oxygen atoms in total. The summed E-state index contributed by atoms with van der Waals surface area (Å²) in [5.74, 6) is 0. The first kappa shape index (κ1) is 27.1. The van der Waals surface area contributed by atoms with E-state index in [2.05, 4.69) is 101 Å². The van der Waals surface area contributed by atoms with Crippen molar-refractivity contribution in [2.45, 2.75) is 0 Å². The van der Waals surface area contributed by atoms with Crippen LogP contribution in [-0.2, 0) is 0 Å². The molecule has 0 aliphatic heterocycles. The van der Waals surface area contributed by atoms with E-state index in [1.807, 2.05) is 60.7 Å². The van der Waals surface area contributed by atoms with Crippen LogP contribution in [0.25, 0.3) is 77.7 Å². The first-order chi connectivity index (χ1) is 22.7. The second kappa shape index (κ2) is 11.6. The summed E-state index contributed by atoms with van der Waals surface area (Å²) >= 11 is 0. The van der Waals surface area contributed by atoms with E-state index in [-0.39, 0.29) is 0 Å². The Kier molecular flexibility index (Phi) is 6.83. The lowest BCUT2D eigenvalue weighted by Crippen LogP contribution is -1.94. The molecule has 0 N–H and O–H groups in total. The molecule has 0 amide bonds. The van der Waals surface area contributed by atoms with Gasteiger partial charge in [-0.15, -0.1) is 0 Å². The molecule has 0 aliphatic carbocycles. The predicted octanol–water partition coefficient (Wildman–Crippen LogP) is 10.4. The Balaban J connectivity index is 1.27. The van der Waals surface area contributed by atoms with Gasteiger partial charge in [0.2, 0.25) is 0 Å². The first-order valence-electron chi connectivity index (χ1n) is 15.2. The number of pyridine rings is 3. The number of rotatable bonds is 5. The van der Waals surface area contributed by atoms with Crippen molar-refractivity contribution >= 4 is 21.5 Å². The maximum Gasteiger partial charge on any atom is 0.0991 e. The Bertz CT molecular complexity index is 2350. The molecule has 0 unspecified atom stereocenters. The molecule has 8 rings (SSSR count). The molecule has 3 heterocycles. The summed E-state index contributed by atoms with van der Waals surface area (Å²) in [5, 5.41) is 14.0. The number of hydrogen-bond acceptors (Lipinski definition) is 4. The van der Waals surface area contributed by atoms with Gasteiger partial charge >= 0.3 is 0 Å². The van der Waals surface area contributed by atoms with Gasteiger partial charge in [-0.05, 0) is 122 Å². The molecule has 0 spiro atoms. The molecular weight excluding hydrogens is 560 g/mol. The van der Waals surface area contributed by atoms with Crippen LogP contribution < -0.4 is 0 Å². The Labute approximate surface area is 266 Å². The second-order valence-electron chi connectivity index (χ2n) is 11.2. The highest BCUT2D eigenvalue weighted by Gasteiger charge is 2.14. The molecule has 0 aliphatic rings. The fraction of sp³-hybridized carbons (Fsp3) is 0. The molecule has 0 bridgehead atoms. The molecule has 214 valence electrons. The Hall–Kier alpha value is -6.44. The Morgan fingerprint density at radius 3 is 1.70 bits per heavy atom. The number of hydrogen-bond donors (Lipinski definition) is 0. The zero-order valence-electron chi connectivity index (χ0n) is 24.8. The van der Waals surface area contributed by atoms with Crippen LogP contribution in [0, 0.1) is 11.3 Å². The number of benzene rings is 5. The summed E-state index contributed by atoms with van der Waals surface area (Å²) in [6.07, 6.45) is 3.59. The minimum Gasteiger partial charge on any atom is -0.255 e. The van der Waals surface area contributed by atoms with Crippen molar-refractivity contribution < 1.29 is 0 Å². The summed E-state index contributed by atoms with van der Waals surface area (Å²) in [6.45, 7) is 0. The highest BCUT2D eigenvalue weighted by Crippen LogP contribution is 2.38. The smallest absolute Gasteiger partial charge is 0.0991 e. The molecule has 0 saturated carbocycles. The number of aromatic nitrogens is 3. The predicted molar refractivity (Wildman–Crippen MR) is 187 cm³/mol. The minimum atomic E-state index is 0.656. The summed E-state index contributed by atoms with van der Waals surface area (Å²) < 4.78 is 0. The second-order valence-corrected chi connectivity index (χ2v) is 11.2. The van der Waals surface area contributed by atoms with Gasteiger partial charge < -0.3 is 0 Å². The van der Waals surface area contributed by atoms with Crippen LogP contribution in [0.15, 0.2) is 158 Å². The summed E-state index contributed by atoms with van der Waals surface area (Å²) in [4.78, 5) is 14.1. The lowest BCUT2D eigenvalue weighted by Gasteiger charge is -2.14. The number of nitriles is 1. The fourth-order valence-corrected chi connectivity index (χ4v) is 6.13. The highest BCUT2D eigenvalue weighted by molar-refractivity contribution is 6.03. The Morgan fingerprint density at radius 1 is 0.413 bits per heavy atom. The van der Waals surface area contributed by atoms with Crippen molar-refractivity contribution in [3.63, 3.8) is 0 Å². The molecule has 0 saturated heterocycles. The topological polar surface area (TPSA) is 62.5 Å². The molecule has 3 aromatic heterocycles. The van der Waals surface area contributed by atoms with Crippen LogP contribution in [0.1, 0.15) is 5.56 Å². The van der Waals surface area contributed by atoms with E-state index in [1.165, 1.54) is 10.8 Å². The SMILES string of the molecule is N#Cc1ccc(-c2cc(-c3ccc4c(-c5cc(-c6ccccn6)nc(-c6ccccn6)c5)cccc4c3)cc3ccccc23)cc1. The lowest BCUT2D eigenvalue weighted by molar-refractivity contribution is 1.22. The van der Waals surface area contributed by atoms with Crippen molar-refractivity contribution in [2.75, 3.05) is 0 Å². The van der Waals surface area contributed by atoms with E-state index >= 15 is 0 Å². The van der Waals surface area contributed by atoms with Gasteiger partial charge in [0.25, 0.3) is 0 Å². The zero-order valence-corrected chi connectivity index (χ0v) is 24.8. The maximum absolute atomic E-state index is 9.32. The third-order valence-electron chi connectivity index (χ3n) is 8.39. The average Bonchev–Trinajstić information content (AvgIpc) is 3.14. The number of nitrogens with zero attached hydrogens (tertiary/aromatic N) is 4. The monoisotopic (exact) mass is 586 g/mol. The zero-order chi connectivity index (χ0) is 30.9. The molecule has 4 heteroatoms. The molecule has 0 atom stereocenters. The van der Waals surface area contributed by atoms with E-state index in [4.69, 9.17) is 4.98 Å². The average molecular weight is 587 g/mol. The third kappa shape index (κ3) is 5.06. The summed E-state index contributed by atoms with van der Waals surface area (Å²) in [7, 11) is 0. The summed E-state index contributed by atoms with van der Waals surface area (Å²) in [6, 6.07) is 52.2. The first-order valence-corrected chi connectivity index (χ1v) is 15.2. The molecule has 8 aromatic rings. The third-order valence-corrected chi connectivity index (χ3v) is 8.39. The van der Waals surface area contributed by atoms with E-state index < -0.39 is 0 Å². The van der Waals surface area contributed by atoms with Gasteiger partial charge in [-0.3, -0.25) is 9.97 Å². The number of fused-ring (bicyclic) bond motifs is 2. The maximum atomic E-state index is 9.32. The van der Waals surface area contributed by atoms with Gasteiger partial charge in [0.15, 0.2) is 0 Å². The van der Waals surface area contributed by atoms with E-state index in [1.54, 1.807) is 12.4 Å². The van der Waals surface area contributed by atoms with Gasteiger partial charge in [0.1, 0.15) is 0 Å². The molecule has 0 fully saturated rings. The van der Waals surface area contributed by atoms with Gasteiger partial charge in [-0.1, -0.05) is 78.9 Å². The standard InChI is InChI=1S/C42H26N4/c43-27-28-14-16-29(17-15-28)38-24-33(23-31-8-1-2-10-35(31)38)30-18-19-37-32(22-30)9-7-11-36(37)34-25-41(39-12-3-5-20-44-39)46-42(26-34)40-13-4-6-21-45-40/h1-26H. The molecular formula is C42H26N4. The van der Waals surface area contributed by atoms with E-state index in [0.717, 1.165) is 66.9 Å². The van der Waals surface area contributed by atoms with Crippen molar-refractivity contribution in [1.82, 2.24) is 15.0 Å². The van der Waals surface area contributed by atoms with Crippen LogP contribution >= 0.6 is 0 Å². The fourth-order valence-electron chi connectivity index (χ4n) is 6.13. The van der Waals surface area contributed by atoms with Crippen molar-refractivity contribution in [3.8, 4) is 62.2 Å². The molecule has 46 heavy (non-hydrogen) atoms. The lowest BCUT2D eigenvalue weighted by atomic mass is 9.91. The van der Waals surface area contributed by atoms with Crippen LogP contribution in [-0.4, -0.2) is 15.0 Å². The van der Waals surface area contributed by atoms with Gasteiger partial charge in [-0.25, -0.2) is 4.98 Å². The largest absolute Gasteiger partial charge is 0.255 e. The highest BCUT2D eigenvalue weighted by atomic mass is 14.8. The van der Waals surface area contributed by atoms with Crippen LogP contribution in [0.2, 0.25) is 0 Å². The van der Waals surface area contributed by atoms with Crippen molar-refractivity contribution in [3.05, 3.63) is 164 Å². The van der Waals surface area contributed by atoms with Crippen molar-refractivity contribution in [2.24, 2.45) is 0 Å². The summed E-state index contributed by atoms with van der Waals surface area (Å²) in [5.41, 5.74) is 10.6. The van der Waals surface area contributed by atoms with Gasteiger partial charge in [0, 0.05) is 12.4 Å². The minimum absolute atomic E-state index is 0.656. The van der Waals surface area contributed by atoms with E-state index in [9.17, 15) is 5.26 Å². The van der Waals surface area contributed by atoms with Crippen LogP contribution in [0.4, 0.5) is 0 Å². The van der Waals surface area contributed by atoms with Gasteiger partial charge in [0.05, 0.1) is 34.4 Å². The Morgan fingerprint density at radius 2 is 1.02 bits per heavy atom. The van der Waals surface area contributed by atoms with Crippen molar-refractivity contribution in [1.29, 1.82) is 5.26 Å². The molecule has 5 aromatic carbocycles. The quantitative estimate of drug-likeness (QED) is 0.201. The molecule has 0 radical (unpaired) electrons. The van der Waals surface area contributed by atoms with Crippen LogP contribution in [0.5, 0.6) is 0 Å². The van der Waals surface area contributed by atoms with Gasteiger partial charge in [-0.2, -0.15) is 5.26 Å². The van der Waals surface area contributed by atoms with Crippen LogP contribution in [0.3, 0.4) is 0 Å². The normalized spacial score (nSPS) is 11.0. The van der Waals surface area contributed by atoms with E-state index in [0.29, 0.717) is 5.56 Å².